The average molecular weight is 378 g/mol. The maximum atomic E-state index is 11.9. The number of aromatic amines is 1. The van der Waals surface area contributed by atoms with E-state index >= 15 is 0 Å². The molecule has 2 aliphatic rings. The van der Waals surface area contributed by atoms with E-state index in [2.05, 4.69) is 26.6 Å². The number of amidine groups is 2. The van der Waals surface area contributed by atoms with Crippen LogP contribution in [0, 0.1) is 10.8 Å². The Balaban J connectivity index is 1.35. The molecule has 0 aromatic carbocycles. The Morgan fingerprint density at radius 2 is 1.96 bits per heavy atom. The minimum absolute atomic E-state index is 0.000637. The Hall–Kier alpha value is -2.00. The summed E-state index contributed by atoms with van der Waals surface area (Å²) in [6.07, 6.45) is 6.25. The van der Waals surface area contributed by atoms with Gasteiger partial charge in [-0.25, -0.2) is 4.79 Å². The molecular weight excluding hydrogens is 350 g/mol. The molecule has 0 bridgehead atoms. The lowest BCUT2D eigenvalue weighted by Crippen LogP contribution is -2.48. The summed E-state index contributed by atoms with van der Waals surface area (Å²) in [5.74, 6) is 0. The summed E-state index contributed by atoms with van der Waals surface area (Å²) in [6, 6.07) is 3.96. The minimum Gasteiger partial charge on any atom is -0.364 e. The highest BCUT2D eigenvalue weighted by Crippen LogP contribution is 2.17. The van der Waals surface area contributed by atoms with Crippen LogP contribution < -0.4 is 10.6 Å². The summed E-state index contributed by atoms with van der Waals surface area (Å²) in [5.41, 5.74) is 1.20. The van der Waals surface area contributed by atoms with E-state index in [1.807, 2.05) is 17.2 Å². The third-order valence-corrected chi connectivity index (χ3v) is 5.59. The molecule has 0 atom stereocenters. The number of rotatable bonds is 3. The molecule has 1 aliphatic heterocycles. The summed E-state index contributed by atoms with van der Waals surface area (Å²) in [6.45, 7) is 4.16. The molecule has 2 fully saturated rings. The van der Waals surface area contributed by atoms with Gasteiger partial charge in [0.05, 0.1) is 0 Å². The maximum absolute atomic E-state index is 11.9. The van der Waals surface area contributed by atoms with Crippen molar-refractivity contribution in [2.24, 2.45) is 0 Å². The first-order chi connectivity index (χ1) is 12.6. The zero-order valence-corrected chi connectivity index (χ0v) is 15.7. The second kappa shape index (κ2) is 9.09. The van der Waals surface area contributed by atoms with Crippen molar-refractivity contribution in [1.82, 2.24) is 25.4 Å². The van der Waals surface area contributed by atoms with Crippen LogP contribution >= 0.6 is 11.8 Å². The van der Waals surface area contributed by atoms with Gasteiger partial charge in [-0.1, -0.05) is 12.8 Å². The minimum atomic E-state index is -0.335. The van der Waals surface area contributed by atoms with Gasteiger partial charge in [-0.15, -0.1) is 0 Å². The van der Waals surface area contributed by atoms with Crippen molar-refractivity contribution in [1.29, 1.82) is 10.8 Å². The summed E-state index contributed by atoms with van der Waals surface area (Å²) in [4.78, 5) is 19.4. The van der Waals surface area contributed by atoms with Gasteiger partial charge < -0.3 is 15.2 Å². The lowest BCUT2D eigenvalue weighted by Gasteiger charge is -2.35. The summed E-state index contributed by atoms with van der Waals surface area (Å²) < 4.78 is 0. The Labute approximate surface area is 158 Å². The van der Waals surface area contributed by atoms with Crippen molar-refractivity contribution in [2.75, 3.05) is 26.2 Å². The van der Waals surface area contributed by atoms with E-state index in [4.69, 9.17) is 10.8 Å². The van der Waals surface area contributed by atoms with Crippen LogP contribution in [0.15, 0.2) is 18.3 Å². The Morgan fingerprint density at radius 3 is 2.62 bits per heavy atom. The predicted molar refractivity (Wildman–Crippen MR) is 105 cm³/mol. The molecule has 5 N–H and O–H groups in total. The second-order valence-corrected chi connectivity index (χ2v) is 7.77. The number of thioether (sulfide) groups is 1. The number of aromatic nitrogens is 1. The predicted octanol–water partition coefficient (Wildman–Crippen LogP) is 1.98. The molecule has 1 saturated heterocycles. The molecular formula is C17H27N7OS. The lowest BCUT2D eigenvalue weighted by molar-refractivity contribution is 0.175. The van der Waals surface area contributed by atoms with Gasteiger partial charge >= 0.3 is 6.03 Å². The molecule has 3 rings (SSSR count). The van der Waals surface area contributed by atoms with Crippen molar-refractivity contribution in [2.45, 2.75) is 38.3 Å². The Bertz CT molecular complexity index is 619. The van der Waals surface area contributed by atoms with Gasteiger partial charge in [0.15, 0.2) is 10.3 Å². The number of amides is 2. The molecule has 26 heavy (non-hydrogen) atoms. The molecule has 8 nitrogen and oxygen atoms in total. The fourth-order valence-corrected chi connectivity index (χ4v) is 4.05. The molecule has 0 unspecified atom stereocenters. The SMILES string of the molecule is N=C(NC(=O)NC1CCCC1)SC(=N)N1CCN(Cc2ccc[nH]2)CC1. The molecule has 0 spiro atoms. The number of nitrogens with zero attached hydrogens (tertiary/aromatic N) is 2. The topological polar surface area (TPSA) is 111 Å². The third-order valence-electron chi connectivity index (χ3n) is 4.83. The number of hydrogen-bond acceptors (Lipinski definition) is 5. The van der Waals surface area contributed by atoms with Gasteiger partial charge in [-0.2, -0.15) is 0 Å². The zero-order valence-electron chi connectivity index (χ0n) is 14.9. The first kappa shape index (κ1) is 18.8. The van der Waals surface area contributed by atoms with Crippen molar-refractivity contribution in [3.63, 3.8) is 0 Å². The van der Waals surface area contributed by atoms with E-state index in [1.54, 1.807) is 0 Å². The molecule has 2 heterocycles. The number of piperazine rings is 1. The number of carbonyl (C=O) groups is 1. The zero-order chi connectivity index (χ0) is 18.4. The summed E-state index contributed by atoms with van der Waals surface area (Å²) >= 11 is 0.995. The fourth-order valence-electron chi connectivity index (χ4n) is 3.40. The molecule has 9 heteroatoms. The van der Waals surface area contributed by atoms with Crippen LogP contribution in [-0.4, -0.2) is 63.4 Å². The van der Waals surface area contributed by atoms with Crippen LogP contribution in [0.25, 0.3) is 0 Å². The molecule has 1 aromatic heterocycles. The van der Waals surface area contributed by atoms with Gasteiger partial charge in [0.2, 0.25) is 0 Å². The quantitative estimate of drug-likeness (QED) is 0.410. The van der Waals surface area contributed by atoms with E-state index in [1.165, 1.54) is 5.69 Å². The molecule has 0 radical (unpaired) electrons. The van der Waals surface area contributed by atoms with Crippen molar-refractivity contribution in [3.8, 4) is 0 Å². The largest absolute Gasteiger partial charge is 0.364 e. The molecule has 1 aliphatic carbocycles. The molecule has 1 aromatic rings. The highest BCUT2D eigenvalue weighted by Gasteiger charge is 2.22. The smallest absolute Gasteiger partial charge is 0.321 e. The number of nitrogens with one attached hydrogen (secondary N) is 5. The second-order valence-electron chi connectivity index (χ2n) is 6.77. The number of carbonyl (C=O) groups excluding carboxylic acids is 1. The van der Waals surface area contributed by atoms with Crippen molar-refractivity contribution in [3.05, 3.63) is 24.0 Å². The first-order valence-corrected chi connectivity index (χ1v) is 9.94. The average Bonchev–Trinajstić information content (AvgIpc) is 3.29. The van der Waals surface area contributed by atoms with Gasteiger partial charge in [-0.05, 0) is 36.7 Å². The maximum Gasteiger partial charge on any atom is 0.321 e. The Morgan fingerprint density at radius 1 is 1.23 bits per heavy atom. The fraction of sp³-hybridized carbons (Fsp3) is 0.588. The highest BCUT2D eigenvalue weighted by atomic mass is 32.2. The third kappa shape index (κ3) is 5.50. The number of urea groups is 1. The highest BCUT2D eigenvalue weighted by molar-refractivity contribution is 8.26. The van der Waals surface area contributed by atoms with Crippen molar-refractivity contribution < 1.29 is 4.79 Å². The summed E-state index contributed by atoms with van der Waals surface area (Å²) in [5, 5.41) is 21.9. The van der Waals surface area contributed by atoms with Crippen LogP contribution in [0.5, 0.6) is 0 Å². The van der Waals surface area contributed by atoms with Crippen LogP contribution in [-0.2, 0) is 6.54 Å². The normalized spacial score (nSPS) is 18.7. The Kier molecular flexibility index (Phi) is 6.56. The van der Waals surface area contributed by atoms with Gasteiger partial charge in [0, 0.05) is 50.7 Å². The monoisotopic (exact) mass is 377 g/mol. The number of hydrogen-bond donors (Lipinski definition) is 5. The van der Waals surface area contributed by atoms with Gasteiger partial charge in [0.1, 0.15) is 0 Å². The van der Waals surface area contributed by atoms with Crippen LogP contribution in [0.3, 0.4) is 0 Å². The lowest BCUT2D eigenvalue weighted by atomic mass is 10.3. The van der Waals surface area contributed by atoms with E-state index in [-0.39, 0.29) is 17.2 Å². The van der Waals surface area contributed by atoms with Gasteiger partial charge in [-0.3, -0.25) is 21.0 Å². The van der Waals surface area contributed by atoms with E-state index in [9.17, 15) is 4.79 Å². The van der Waals surface area contributed by atoms with Crippen LogP contribution in [0.4, 0.5) is 4.79 Å². The van der Waals surface area contributed by atoms with E-state index < -0.39 is 0 Å². The first-order valence-electron chi connectivity index (χ1n) is 9.12. The molecule has 142 valence electrons. The van der Waals surface area contributed by atoms with Crippen LogP contribution in [0.1, 0.15) is 31.4 Å². The van der Waals surface area contributed by atoms with E-state index in [0.29, 0.717) is 5.17 Å². The van der Waals surface area contributed by atoms with Gasteiger partial charge in [0.25, 0.3) is 0 Å². The molecule has 2 amide bonds. The van der Waals surface area contributed by atoms with Crippen LogP contribution in [0.2, 0.25) is 0 Å². The summed E-state index contributed by atoms with van der Waals surface area (Å²) in [7, 11) is 0. The number of H-pyrrole nitrogens is 1. The molecule has 1 saturated carbocycles. The van der Waals surface area contributed by atoms with Crippen molar-refractivity contribution >= 4 is 28.1 Å². The standard InChI is InChI=1S/C17H27N7OS/c18-15(22-17(25)21-13-4-1-2-5-13)26-16(19)24-10-8-23(9-11-24)12-14-6-3-7-20-14/h3,6-7,13,19-20H,1-2,4-5,8-12H2,(H3,18,21,22,25). The van der Waals surface area contributed by atoms with E-state index in [0.717, 1.165) is 70.2 Å².